The average Bonchev–Trinajstić information content (AvgIpc) is 2.76. The minimum Gasteiger partial charge on any atom is -0.398 e. The molecule has 0 bridgehead atoms. The van der Waals surface area contributed by atoms with Crippen molar-refractivity contribution in [1.82, 2.24) is 9.55 Å². The smallest absolute Gasteiger partial charge is 0.144 e. The number of nitrogen functional groups attached to an aromatic ring is 1. The average molecular weight is 365 g/mol. The molecular formula is C16H15BrClN3. The van der Waals surface area contributed by atoms with Gasteiger partial charge in [0, 0.05) is 16.2 Å². The van der Waals surface area contributed by atoms with E-state index >= 15 is 0 Å². The molecule has 0 spiro atoms. The zero-order valence-corrected chi connectivity index (χ0v) is 14.1. The molecule has 0 aliphatic heterocycles. The van der Waals surface area contributed by atoms with E-state index in [1.807, 2.05) is 30.3 Å². The van der Waals surface area contributed by atoms with Gasteiger partial charge in [-0.1, -0.05) is 33.6 Å². The summed E-state index contributed by atoms with van der Waals surface area (Å²) in [7, 11) is 0. The molecule has 0 amide bonds. The predicted octanol–water partition coefficient (Wildman–Crippen LogP) is 5.28. The predicted molar refractivity (Wildman–Crippen MR) is 92.7 cm³/mol. The van der Waals surface area contributed by atoms with E-state index in [0.717, 1.165) is 26.9 Å². The second-order valence-electron chi connectivity index (χ2n) is 5.24. The van der Waals surface area contributed by atoms with Crippen LogP contribution in [0.3, 0.4) is 0 Å². The molecule has 3 rings (SSSR count). The third-order valence-electron chi connectivity index (χ3n) is 3.44. The number of fused-ring (bicyclic) bond motifs is 1. The molecule has 2 aromatic carbocycles. The lowest BCUT2D eigenvalue weighted by Gasteiger charge is -2.15. The van der Waals surface area contributed by atoms with Crippen molar-refractivity contribution in [3.8, 4) is 11.4 Å². The zero-order chi connectivity index (χ0) is 15.1. The van der Waals surface area contributed by atoms with E-state index in [9.17, 15) is 0 Å². The Balaban J connectivity index is 2.39. The summed E-state index contributed by atoms with van der Waals surface area (Å²) in [6.07, 6.45) is 0. The molecule has 3 aromatic rings. The van der Waals surface area contributed by atoms with E-state index in [0.29, 0.717) is 10.7 Å². The van der Waals surface area contributed by atoms with Gasteiger partial charge in [-0.05, 0) is 44.2 Å². The van der Waals surface area contributed by atoms with Crippen LogP contribution in [-0.4, -0.2) is 9.55 Å². The number of anilines is 1. The summed E-state index contributed by atoms with van der Waals surface area (Å²) < 4.78 is 3.17. The zero-order valence-electron chi connectivity index (χ0n) is 11.8. The van der Waals surface area contributed by atoms with Crippen LogP contribution < -0.4 is 5.73 Å². The molecule has 0 saturated heterocycles. The van der Waals surface area contributed by atoms with Crippen molar-refractivity contribution in [2.24, 2.45) is 0 Å². The lowest BCUT2D eigenvalue weighted by atomic mass is 10.1. The second kappa shape index (κ2) is 5.35. The number of hydrogen-bond donors (Lipinski definition) is 1. The highest BCUT2D eigenvalue weighted by Gasteiger charge is 2.19. The number of nitrogens with two attached hydrogens (primary N) is 1. The van der Waals surface area contributed by atoms with Gasteiger partial charge in [0.1, 0.15) is 5.82 Å². The third kappa shape index (κ3) is 2.43. The Kier molecular flexibility index (Phi) is 3.68. The van der Waals surface area contributed by atoms with Gasteiger partial charge in [-0.2, -0.15) is 0 Å². The number of rotatable bonds is 2. The number of benzene rings is 2. The van der Waals surface area contributed by atoms with Gasteiger partial charge in [-0.3, -0.25) is 0 Å². The van der Waals surface area contributed by atoms with Crippen molar-refractivity contribution >= 4 is 44.3 Å². The van der Waals surface area contributed by atoms with Gasteiger partial charge < -0.3 is 10.3 Å². The van der Waals surface area contributed by atoms with Gasteiger partial charge in [0.05, 0.1) is 21.6 Å². The lowest BCUT2D eigenvalue weighted by molar-refractivity contribution is 0.624. The van der Waals surface area contributed by atoms with Crippen LogP contribution in [0, 0.1) is 0 Å². The van der Waals surface area contributed by atoms with Gasteiger partial charge in [0.15, 0.2) is 0 Å². The summed E-state index contributed by atoms with van der Waals surface area (Å²) in [4.78, 5) is 4.76. The maximum atomic E-state index is 6.36. The van der Waals surface area contributed by atoms with E-state index < -0.39 is 0 Å². The number of nitrogens with zero attached hydrogens (tertiary/aromatic N) is 2. The largest absolute Gasteiger partial charge is 0.398 e. The van der Waals surface area contributed by atoms with Crippen molar-refractivity contribution in [3.63, 3.8) is 0 Å². The fraction of sp³-hybridized carbons (Fsp3) is 0.188. The van der Waals surface area contributed by atoms with E-state index in [1.165, 1.54) is 0 Å². The van der Waals surface area contributed by atoms with Gasteiger partial charge >= 0.3 is 0 Å². The summed E-state index contributed by atoms with van der Waals surface area (Å²) in [5, 5.41) is 0.617. The normalized spacial score (nSPS) is 11.5. The molecule has 0 aliphatic carbocycles. The SMILES string of the molecule is CC(C)n1c(-c2c(N)cccc2Cl)nc2cc(Br)ccc21. The molecule has 0 saturated carbocycles. The number of imidazole rings is 1. The number of aromatic nitrogens is 2. The van der Waals surface area contributed by atoms with Crippen molar-refractivity contribution in [2.45, 2.75) is 19.9 Å². The monoisotopic (exact) mass is 363 g/mol. The Morgan fingerprint density at radius 2 is 2.00 bits per heavy atom. The lowest BCUT2D eigenvalue weighted by Crippen LogP contribution is -2.04. The molecule has 0 atom stereocenters. The molecule has 1 heterocycles. The van der Waals surface area contributed by atoms with Crippen LogP contribution in [0.2, 0.25) is 5.02 Å². The fourth-order valence-electron chi connectivity index (χ4n) is 2.55. The summed E-state index contributed by atoms with van der Waals surface area (Å²) >= 11 is 9.85. The second-order valence-corrected chi connectivity index (χ2v) is 6.56. The van der Waals surface area contributed by atoms with E-state index in [4.69, 9.17) is 22.3 Å². The number of hydrogen-bond acceptors (Lipinski definition) is 2. The van der Waals surface area contributed by atoms with E-state index in [2.05, 4.69) is 40.4 Å². The third-order valence-corrected chi connectivity index (χ3v) is 4.25. The Hall–Kier alpha value is -1.52. The molecule has 0 unspecified atom stereocenters. The molecule has 5 heteroatoms. The molecule has 0 radical (unpaired) electrons. The molecule has 21 heavy (non-hydrogen) atoms. The maximum absolute atomic E-state index is 6.36. The first-order valence-corrected chi connectivity index (χ1v) is 7.88. The van der Waals surface area contributed by atoms with Gasteiger partial charge in [-0.25, -0.2) is 4.98 Å². The number of halogens is 2. The Labute approximate surface area is 136 Å². The Bertz CT molecular complexity index is 803. The standard InChI is InChI=1S/C16H15BrClN3/c1-9(2)21-14-7-6-10(17)8-13(14)20-16(21)15-11(18)4-3-5-12(15)19/h3-9H,19H2,1-2H3. The van der Waals surface area contributed by atoms with Gasteiger partial charge in [-0.15, -0.1) is 0 Å². The highest BCUT2D eigenvalue weighted by molar-refractivity contribution is 9.10. The van der Waals surface area contributed by atoms with Crippen LogP contribution in [-0.2, 0) is 0 Å². The first kappa shape index (κ1) is 14.4. The van der Waals surface area contributed by atoms with Crippen LogP contribution in [0.5, 0.6) is 0 Å². The molecule has 108 valence electrons. The summed E-state index contributed by atoms with van der Waals surface area (Å²) in [5.41, 5.74) is 9.55. The van der Waals surface area contributed by atoms with Crippen LogP contribution in [0.25, 0.3) is 22.4 Å². The first-order valence-electron chi connectivity index (χ1n) is 6.71. The topological polar surface area (TPSA) is 43.8 Å². The summed E-state index contributed by atoms with van der Waals surface area (Å²) in [5.74, 6) is 0.807. The van der Waals surface area contributed by atoms with Crippen molar-refractivity contribution in [2.75, 3.05) is 5.73 Å². The Morgan fingerprint density at radius 1 is 1.24 bits per heavy atom. The van der Waals surface area contributed by atoms with Crippen LogP contribution in [0.15, 0.2) is 40.9 Å². The van der Waals surface area contributed by atoms with Gasteiger partial charge in [0.25, 0.3) is 0 Å². The van der Waals surface area contributed by atoms with E-state index in [1.54, 1.807) is 0 Å². The molecule has 1 aromatic heterocycles. The van der Waals surface area contributed by atoms with Crippen LogP contribution in [0.4, 0.5) is 5.69 Å². The molecule has 0 fully saturated rings. The molecule has 2 N–H and O–H groups in total. The quantitative estimate of drug-likeness (QED) is 0.628. The molecular weight excluding hydrogens is 350 g/mol. The maximum Gasteiger partial charge on any atom is 0.144 e. The fourth-order valence-corrected chi connectivity index (χ4v) is 3.16. The minimum atomic E-state index is 0.252. The first-order chi connectivity index (χ1) is 9.99. The van der Waals surface area contributed by atoms with Crippen molar-refractivity contribution in [1.29, 1.82) is 0 Å². The van der Waals surface area contributed by atoms with Crippen molar-refractivity contribution in [3.05, 3.63) is 45.9 Å². The van der Waals surface area contributed by atoms with Gasteiger partial charge in [0.2, 0.25) is 0 Å². The molecule has 0 aliphatic rings. The highest BCUT2D eigenvalue weighted by Crippen LogP contribution is 2.36. The molecule has 3 nitrogen and oxygen atoms in total. The highest BCUT2D eigenvalue weighted by atomic mass is 79.9. The summed E-state index contributed by atoms with van der Waals surface area (Å²) in [6.45, 7) is 4.25. The Morgan fingerprint density at radius 3 is 2.67 bits per heavy atom. The minimum absolute atomic E-state index is 0.252. The van der Waals surface area contributed by atoms with Crippen LogP contribution in [0.1, 0.15) is 19.9 Å². The van der Waals surface area contributed by atoms with E-state index in [-0.39, 0.29) is 6.04 Å². The van der Waals surface area contributed by atoms with Crippen LogP contribution >= 0.6 is 27.5 Å². The summed E-state index contributed by atoms with van der Waals surface area (Å²) in [6, 6.07) is 11.9. The van der Waals surface area contributed by atoms with Crippen molar-refractivity contribution < 1.29 is 0 Å².